The van der Waals surface area contributed by atoms with Crippen molar-refractivity contribution in [2.45, 2.75) is 58.0 Å². The van der Waals surface area contributed by atoms with Crippen molar-refractivity contribution in [3.8, 4) is 0 Å². The quantitative estimate of drug-likeness (QED) is 0.488. The highest BCUT2D eigenvalue weighted by atomic mass is 16.5. The number of anilines is 2. The van der Waals surface area contributed by atoms with Crippen molar-refractivity contribution in [1.29, 1.82) is 0 Å². The zero-order valence-corrected chi connectivity index (χ0v) is 19.5. The zero-order valence-electron chi connectivity index (χ0n) is 19.5. The van der Waals surface area contributed by atoms with Crippen LogP contribution in [0.2, 0.25) is 0 Å². The largest absolute Gasteiger partial charge is 0.462 e. The van der Waals surface area contributed by atoms with E-state index in [-0.39, 0.29) is 36.9 Å². The van der Waals surface area contributed by atoms with E-state index in [9.17, 15) is 19.2 Å². The molecule has 2 aliphatic rings. The molecule has 178 valence electrons. The summed E-state index contributed by atoms with van der Waals surface area (Å²) in [6, 6.07) is 12.3. The number of benzene rings is 2. The third-order valence-electron chi connectivity index (χ3n) is 6.32. The SMILES string of the molecule is CCOC(=O)c1ccc(NC(=O)C[C@@H]2C(=O)N(c3ccc(C)cc3)C(=O)N2C2CCCC2)cc1. The van der Waals surface area contributed by atoms with Crippen LogP contribution in [0, 0.1) is 6.92 Å². The molecular formula is C26H29N3O5. The van der Waals surface area contributed by atoms with E-state index in [2.05, 4.69) is 5.32 Å². The number of nitrogens with zero attached hydrogens (tertiary/aromatic N) is 2. The molecule has 8 nitrogen and oxygen atoms in total. The first kappa shape index (κ1) is 23.5. The van der Waals surface area contributed by atoms with Gasteiger partial charge >= 0.3 is 12.0 Å². The molecule has 1 saturated carbocycles. The first-order valence-corrected chi connectivity index (χ1v) is 11.7. The maximum atomic E-state index is 13.4. The summed E-state index contributed by atoms with van der Waals surface area (Å²) in [6.07, 6.45) is 3.52. The highest BCUT2D eigenvalue weighted by Gasteiger charge is 2.49. The number of esters is 1. The first-order chi connectivity index (χ1) is 16.4. The molecule has 2 fully saturated rings. The number of hydrogen-bond acceptors (Lipinski definition) is 5. The van der Waals surface area contributed by atoms with E-state index in [0.29, 0.717) is 16.9 Å². The van der Waals surface area contributed by atoms with Crippen molar-refractivity contribution < 1.29 is 23.9 Å². The predicted molar refractivity (Wildman–Crippen MR) is 128 cm³/mol. The van der Waals surface area contributed by atoms with Crippen LogP contribution in [0.3, 0.4) is 0 Å². The van der Waals surface area contributed by atoms with Gasteiger partial charge in [0, 0.05) is 11.7 Å². The van der Waals surface area contributed by atoms with Crippen molar-refractivity contribution in [2.75, 3.05) is 16.8 Å². The van der Waals surface area contributed by atoms with Crippen LogP contribution in [0.1, 0.15) is 54.9 Å². The van der Waals surface area contributed by atoms with Crippen LogP contribution in [0.4, 0.5) is 16.2 Å². The van der Waals surface area contributed by atoms with E-state index in [0.717, 1.165) is 31.2 Å². The molecule has 1 saturated heterocycles. The van der Waals surface area contributed by atoms with Gasteiger partial charge in [0.05, 0.1) is 24.3 Å². The fourth-order valence-electron chi connectivity index (χ4n) is 4.61. The number of carbonyl (C=O) groups is 4. The smallest absolute Gasteiger partial charge is 0.338 e. The summed E-state index contributed by atoms with van der Waals surface area (Å²) in [7, 11) is 0. The standard InChI is InChI=1S/C26H29N3O5/c1-3-34-25(32)18-10-12-19(13-11-18)27-23(30)16-22-24(31)29(21-14-8-17(2)9-15-21)26(33)28(22)20-6-4-5-7-20/h8-15,20,22H,3-7,16H2,1-2H3,(H,27,30)/t22-/m1/s1. The number of carbonyl (C=O) groups excluding carboxylic acids is 4. The number of rotatable bonds is 7. The van der Waals surface area contributed by atoms with Gasteiger partial charge < -0.3 is 15.0 Å². The molecule has 1 N–H and O–H groups in total. The van der Waals surface area contributed by atoms with Crippen molar-refractivity contribution in [3.63, 3.8) is 0 Å². The molecule has 4 amide bonds. The van der Waals surface area contributed by atoms with E-state index < -0.39 is 12.0 Å². The normalized spacial score (nSPS) is 18.5. The van der Waals surface area contributed by atoms with Gasteiger partial charge in [0.25, 0.3) is 5.91 Å². The topological polar surface area (TPSA) is 96.0 Å². The second-order valence-electron chi connectivity index (χ2n) is 8.70. The number of hydrogen-bond donors (Lipinski definition) is 1. The van der Waals surface area contributed by atoms with Gasteiger partial charge in [-0.05, 0) is 63.1 Å². The maximum absolute atomic E-state index is 13.4. The lowest BCUT2D eigenvalue weighted by Crippen LogP contribution is -2.43. The molecule has 0 unspecified atom stereocenters. The second-order valence-corrected chi connectivity index (χ2v) is 8.70. The summed E-state index contributed by atoms with van der Waals surface area (Å²) in [5.74, 6) is -1.18. The summed E-state index contributed by atoms with van der Waals surface area (Å²) >= 11 is 0. The molecule has 0 bridgehead atoms. The molecule has 0 spiro atoms. The molecule has 0 radical (unpaired) electrons. The molecule has 8 heteroatoms. The van der Waals surface area contributed by atoms with Crippen LogP contribution in [0.5, 0.6) is 0 Å². The number of ether oxygens (including phenoxy) is 1. The molecule has 1 aliphatic carbocycles. The zero-order chi connectivity index (χ0) is 24.2. The molecule has 2 aromatic rings. The molecule has 2 aromatic carbocycles. The molecule has 1 heterocycles. The Morgan fingerprint density at radius 3 is 2.26 bits per heavy atom. The van der Waals surface area contributed by atoms with Gasteiger partial charge in [-0.2, -0.15) is 0 Å². The van der Waals surface area contributed by atoms with Crippen LogP contribution < -0.4 is 10.2 Å². The van der Waals surface area contributed by atoms with Crippen LogP contribution in [-0.2, 0) is 14.3 Å². The Kier molecular flexibility index (Phi) is 6.95. The molecule has 34 heavy (non-hydrogen) atoms. The van der Waals surface area contributed by atoms with Gasteiger partial charge in [0.15, 0.2) is 0 Å². The Balaban J connectivity index is 1.50. The Morgan fingerprint density at radius 2 is 1.65 bits per heavy atom. The third kappa shape index (κ3) is 4.81. The Bertz CT molecular complexity index is 1070. The fourth-order valence-corrected chi connectivity index (χ4v) is 4.61. The van der Waals surface area contributed by atoms with Gasteiger partial charge in [0.1, 0.15) is 6.04 Å². The maximum Gasteiger partial charge on any atom is 0.338 e. The predicted octanol–water partition coefficient (Wildman–Crippen LogP) is 4.28. The van der Waals surface area contributed by atoms with Gasteiger partial charge in [-0.1, -0.05) is 30.5 Å². The van der Waals surface area contributed by atoms with E-state index in [1.54, 1.807) is 48.2 Å². The monoisotopic (exact) mass is 463 g/mol. The Morgan fingerprint density at radius 1 is 1.00 bits per heavy atom. The number of urea groups is 1. The molecular weight excluding hydrogens is 434 g/mol. The minimum atomic E-state index is -0.851. The lowest BCUT2D eigenvalue weighted by Gasteiger charge is -2.27. The van der Waals surface area contributed by atoms with Gasteiger partial charge in [-0.3, -0.25) is 9.59 Å². The minimum Gasteiger partial charge on any atom is -0.462 e. The van der Waals surface area contributed by atoms with E-state index in [4.69, 9.17) is 4.74 Å². The number of aryl methyl sites for hydroxylation is 1. The van der Waals surface area contributed by atoms with Crippen molar-refractivity contribution in [2.24, 2.45) is 0 Å². The van der Waals surface area contributed by atoms with Crippen LogP contribution in [-0.4, -0.2) is 47.4 Å². The minimum absolute atomic E-state index is 0.0476. The summed E-state index contributed by atoms with van der Waals surface area (Å²) in [6.45, 7) is 3.95. The molecule has 1 aliphatic heterocycles. The lowest BCUT2D eigenvalue weighted by atomic mass is 10.1. The number of imide groups is 1. The Hall–Kier alpha value is -3.68. The van der Waals surface area contributed by atoms with E-state index >= 15 is 0 Å². The first-order valence-electron chi connectivity index (χ1n) is 11.7. The molecule has 4 rings (SSSR count). The number of nitrogens with one attached hydrogen (secondary N) is 1. The average Bonchev–Trinajstić information content (AvgIpc) is 3.42. The van der Waals surface area contributed by atoms with Gasteiger partial charge in [-0.25, -0.2) is 14.5 Å². The molecule has 0 aromatic heterocycles. The van der Waals surface area contributed by atoms with Gasteiger partial charge in [-0.15, -0.1) is 0 Å². The third-order valence-corrected chi connectivity index (χ3v) is 6.32. The van der Waals surface area contributed by atoms with Crippen LogP contribution in [0.15, 0.2) is 48.5 Å². The van der Waals surface area contributed by atoms with Crippen LogP contribution in [0.25, 0.3) is 0 Å². The fraction of sp³-hybridized carbons (Fsp3) is 0.385. The average molecular weight is 464 g/mol. The molecule has 1 atom stereocenters. The van der Waals surface area contributed by atoms with Gasteiger partial charge in [0.2, 0.25) is 5.91 Å². The van der Waals surface area contributed by atoms with Crippen LogP contribution >= 0.6 is 0 Å². The van der Waals surface area contributed by atoms with E-state index in [1.807, 2.05) is 19.1 Å². The highest BCUT2D eigenvalue weighted by molar-refractivity contribution is 6.22. The summed E-state index contributed by atoms with van der Waals surface area (Å²) in [5.41, 5.74) is 2.43. The Labute approximate surface area is 198 Å². The van der Waals surface area contributed by atoms with E-state index in [1.165, 1.54) is 4.90 Å². The second kappa shape index (κ2) is 10.1. The summed E-state index contributed by atoms with van der Waals surface area (Å²) in [5, 5.41) is 2.78. The summed E-state index contributed by atoms with van der Waals surface area (Å²) in [4.78, 5) is 54.2. The lowest BCUT2D eigenvalue weighted by molar-refractivity contribution is -0.124. The number of amides is 4. The van der Waals surface area contributed by atoms with Crippen molar-refractivity contribution in [1.82, 2.24) is 4.90 Å². The van der Waals surface area contributed by atoms with Crippen molar-refractivity contribution in [3.05, 3.63) is 59.7 Å². The van der Waals surface area contributed by atoms with Crippen molar-refractivity contribution >= 4 is 35.2 Å². The summed E-state index contributed by atoms with van der Waals surface area (Å²) < 4.78 is 4.97. The highest BCUT2D eigenvalue weighted by Crippen LogP contribution is 2.34.